The first-order valence-corrected chi connectivity index (χ1v) is 7.29. The molecule has 0 bridgehead atoms. The molecule has 1 heterocycles. The zero-order valence-corrected chi connectivity index (χ0v) is 12.0. The lowest BCUT2D eigenvalue weighted by Crippen LogP contribution is -2.00. The molecule has 116 valence electrons. The van der Waals surface area contributed by atoms with Crippen molar-refractivity contribution in [2.24, 2.45) is 5.10 Å². The summed E-state index contributed by atoms with van der Waals surface area (Å²) in [7, 11) is -4.49. The Bertz CT molecular complexity index is 823. The molecule has 0 aliphatic carbocycles. The summed E-state index contributed by atoms with van der Waals surface area (Å²) in [5.41, 5.74) is 3.41. The molecule has 0 aliphatic heterocycles. The van der Waals surface area contributed by atoms with E-state index in [2.05, 4.69) is 10.5 Å². The van der Waals surface area contributed by atoms with Crippen molar-refractivity contribution >= 4 is 27.4 Å². The normalized spacial score (nSPS) is 12.2. The molecule has 2 aromatic rings. The summed E-state index contributed by atoms with van der Waals surface area (Å²) in [4.78, 5) is 9.50. The summed E-state index contributed by atoms with van der Waals surface area (Å²) < 4.78 is 37.3. The zero-order valence-electron chi connectivity index (χ0n) is 11.2. The number of nitrogens with one attached hydrogen (secondary N) is 1. The highest BCUT2D eigenvalue weighted by Crippen LogP contribution is 2.17. The van der Waals surface area contributed by atoms with Gasteiger partial charge in [0.2, 0.25) is 0 Å². The molecular weight excluding hydrogens is 314 g/mol. The first-order valence-electron chi connectivity index (χ1n) is 5.88. The molecule has 0 amide bonds. The predicted molar refractivity (Wildman–Crippen MR) is 75.6 cm³/mol. The highest BCUT2D eigenvalue weighted by atomic mass is 32.2. The van der Waals surface area contributed by atoms with Gasteiger partial charge in [-0.1, -0.05) is 0 Å². The van der Waals surface area contributed by atoms with Crippen molar-refractivity contribution in [1.82, 2.24) is 0 Å². The van der Waals surface area contributed by atoms with Crippen LogP contribution in [0.2, 0.25) is 0 Å². The first-order chi connectivity index (χ1) is 10.3. The number of hydrogen-bond donors (Lipinski definition) is 1. The first kappa shape index (κ1) is 15.7. The van der Waals surface area contributed by atoms with Gasteiger partial charge in [0, 0.05) is 0 Å². The summed E-state index contributed by atoms with van der Waals surface area (Å²) >= 11 is 0. The van der Waals surface area contributed by atoms with Crippen molar-refractivity contribution in [2.45, 2.75) is 11.8 Å². The Labute approximate surface area is 125 Å². The van der Waals surface area contributed by atoms with E-state index in [-0.39, 0.29) is 10.7 Å². The van der Waals surface area contributed by atoms with Crippen LogP contribution < -0.4 is 5.43 Å². The second kappa shape index (κ2) is 5.95. The van der Waals surface area contributed by atoms with E-state index in [0.717, 1.165) is 12.1 Å². The van der Waals surface area contributed by atoms with Crippen molar-refractivity contribution in [1.29, 1.82) is 0 Å². The van der Waals surface area contributed by atoms with Crippen LogP contribution >= 0.6 is 0 Å². The van der Waals surface area contributed by atoms with Gasteiger partial charge in [-0.3, -0.25) is 15.5 Å². The Morgan fingerprint density at radius 1 is 1.23 bits per heavy atom. The Balaban J connectivity index is 2.11. The van der Waals surface area contributed by atoms with E-state index in [1.807, 2.05) is 0 Å². The minimum absolute atomic E-state index is 0.220. The summed E-state index contributed by atoms with van der Waals surface area (Å²) in [6, 6.07) is 7.65. The van der Waals surface area contributed by atoms with Crippen LogP contribution in [0.4, 0.5) is 11.6 Å². The lowest BCUT2D eigenvalue weighted by atomic mass is 10.3. The molecule has 0 spiro atoms. The molecule has 2 rings (SSSR count). The molecule has 1 aromatic carbocycles. The number of nitro groups is 1. The van der Waals surface area contributed by atoms with Gasteiger partial charge in [-0.15, -0.1) is 0 Å². The van der Waals surface area contributed by atoms with Gasteiger partial charge in [-0.2, -0.15) is 5.10 Å². The van der Waals surface area contributed by atoms with Crippen molar-refractivity contribution in [2.75, 3.05) is 5.43 Å². The minimum Gasteiger partial charge on any atom is -0.744 e. The van der Waals surface area contributed by atoms with Gasteiger partial charge >= 0.3 is 5.88 Å². The second-order valence-electron chi connectivity index (χ2n) is 4.18. The van der Waals surface area contributed by atoms with E-state index in [1.165, 1.54) is 24.3 Å². The Morgan fingerprint density at radius 2 is 1.86 bits per heavy atom. The van der Waals surface area contributed by atoms with Gasteiger partial charge < -0.3 is 8.97 Å². The summed E-state index contributed by atoms with van der Waals surface area (Å²) in [5.74, 6) is -0.174. The molecule has 0 radical (unpaired) electrons. The van der Waals surface area contributed by atoms with E-state index in [1.54, 1.807) is 6.92 Å². The Hall–Kier alpha value is -2.72. The molecule has 0 saturated heterocycles. The van der Waals surface area contributed by atoms with Crippen LogP contribution in [0.3, 0.4) is 0 Å². The van der Waals surface area contributed by atoms with Gasteiger partial charge in [-0.25, -0.2) is 8.42 Å². The second-order valence-corrected chi connectivity index (χ2v) is 5.56. The summed E-state index contributed by atoms with van der Waals surface area (Å²) in [5, 5.41) is 14.5. The third kappa shape index (κ3) is 3.68. The zero-order chi connectivity index (χ0) is 16.3. The standard InChI is InChI=1S/C12H11N3O6S/c1-8(11-6-7-12(21-11)15(16)17)13-14-9-2-4-10(5-3-9)22(18,19)20/h2-7,14H,1H3,(H,18,19,20)/p-1. The Morgan fingerprint density at radius 3 is 2.36 bits per heavy atom. The van der Waals surface area contributed by atoms with E-state index < -0.39 is 20.9 Å². The van der Waals surface area contributed by atoms with Crippen LogP contribution in [0.25, 0.3) is 0 Å². The molecule has 0 saturated carbocycles. The number of rotatable bonds is 5. The van der Waals surface area contributed by atoms with Crippen LogP contribution in [0.15, 0.2) is 50.8 Å². The number of hydrogen-bond acceptors (Lipinski definition) is 8. The maximum atomic E-state index is 10.8. The average Bonchev–Trinajstić information content (AvgIpc) is 2.94. The third-order valence-electron chi connectivity index (χ3n) is 2.62. The van der Waals surface area contributed by atoms with Gasteiger partial charge in [0.1, 0.15) is 20.8 Å². The van der Waals surface area contributed by atoms with E-state index in [0.29, 0.717) is 11.4 Å². The number of furan rings is 1. The smallest absolute Gasteiger partial charge is 0.433 e. The van der Waals surface area contributed by atoms with Crippen molar-refractivity contribution in [3.8, 4) is 0 Å². The maximum absolute atomic E-state index is 10.8. The fraction of sp³-hybridized carbons (Fsp3) is 0.0833. The molecule has 22 heavy (non-hydrogen) atoms. The predicted octanol–water partition coefficient (Wildman–Crippen LogP) is 1.93. The van der Waals surface area contributed by atoms with Gasteiger partial charge in [0.05, 0.1) is 16.6 Å². The van der Waals surface area contributed by atoms with E-state index >= 15 is 0 Å². The minimum atomic E-state index is -4.49. The fourth-order valence-corrected chi connectivity index (χ4v) is 1.99. The van der Waals surface area contributed by atoms with E-state index in [4.69, 9.17) is 4.42 Å². The molecule has 1 aromatic heterocycles. The maximum Gasteiger partial charge on any atom is 0.433 e. The van der Waals surface area contributed by atoms with Crippen molar-refractivity contribution in [3.63, 3.8) is 0 Å². The van der Waals surface area contributed by atoms with Crippen LogP contribution in [0, 0.1) is 10.1 Å². The number of nitrogens with zero attached hydrogens (tertiary/aromatic N) is 2. The molecule has 0 unspecified atom stereocenters. The average molecular weight is 324 g/mol. The molecule has 0 fully saturated rings. The van der Waals surface area contributed by atoms with Gasteiger partial charge in [0.25, 0.3) is 0 Å². The lowest BCUT2D eigenvalue weighted by Gasteiger charge is -2.07. The number of anilines is 1. The van der Waals surface area contributed by atoms with Gasteiger partial charge in [-0.05, 0) is 37.3 Å². The molecule has 0 atom stereocenters. The fourth-order valence-electron chi connectivity index (χ4n) is 1.52. The van der Waals surface area contributed by atoms with Crippen LogP contribution in [-0.4, -0.2) is 23.6 Å². The number of hydrazone groups is 1. The monoisotopic (exact) mass is 324 g/mol. The highest BCUT2D eigenvalue weighted by molar-refractivity contribution is 7.85. The van der Waals surface area contributed by atoms with Crippen LogP contribution in [0.1, 0.15) is 12.7 Å². The van der Waals surface area contributed by atoms with Crippen molar-refractivity contribution in [3.05, 3.63) is 52.3 Å². The lowest BCUT2D eigenvalue weighted by molar-refractivity contribution is -0.402. The topological polar surface area (TPSA) is 138 Å². The molecule has 1 N–H and O–H groups in total. The van der Waals surface area contributed by atoms with Crippen molar-refractivity contribution < 1.29 is 22.3 Å². The number of benzene rings is 1. The third-order valence-corrected chi connectivity index (χ3v) is 3.47. The SMILES string of the molecule is CC(=NNc1ccc(S(=O)(=O)[O-])cc1)c1ccc([N+](=O)[O-])o1. The summed E-state index contributed by atoms with van der Waals surface area (Å²) in [6.07, 6.45) is 0. The summed E-state index contributed by atoms with van der Waals surface area (Å²) in [6.45, 7) is 1.58. The Kier molecular flexibility index (Phi) is 4.24. The largest absolute Gasteiger partial charge is 0.744 e. The quantitative estimate of drug-likeness (QED) is 0.383. The molecular formula is C12H10N3O6S-. The highest BCUT2D eigenvalue weighted by Gasteiger charge is 2.13. The van der Waals surface area contributed by atoms with Crippen LogP contribution in [-0.2, 0) is 10.1 Å². The molecule has 9 nitrogen and oxygen atoms in total. The molecule has 0 aliphatic rings. The van der Waals surface area contributed by atoms with Gasteiger partial charge in [0.15, 0.2) is 5.76 Å². The molecule has 10 heteroatoms. The van der Waals surface area contributed by atoms with Crippen LogP contribution in [0.5, 0.6) is 0 Å². The van der Waals surface area contributed by atoms with E-state index in [9.17, 15) is 23.1 Å².